The Morgan fingerprint density at radius 1 is 1.29 bits per heavy atom. The lowest BCUT2D eigenvalue weighted by molar-refractivity contribution is 0.512. The molecule has 2 atom stereocenters. The summed E-state index contributed by atoms with van der Waals surface area (Å²) in [4.78, 5) is 8.81. The minimum absolute atomic E-state index is 0.580. The third-order valence-corrected chi connectivity index (χ3v) is 3.10. The second-order valence-corrected chi connectivity index (χ2v) is 4.16. The van der Waals surface area contributed by atoms with Gasteiger partial charge in [0.15, 0.2) is 0 Å². The number of hydrogen-bond acceptors (Lipinski definition) is 3. The second kappa shape index (κ2) is 3.56. The molecular formula is C11H17N3. The van der Waals surface area contributed by atoms with Crippen molar-refractivity contribution in [3.8, 4) is 0 Å². The highest BCUT2D eigenvalue weighted by Gasteiger charge is 2.23. The summed E-state index contributed by atoms with van der Waals surface area (Å²) in [5.74, 6) is 1.94. The Morgan fingerprint density at radius 2 is 2.00 bits per heavy atom. The maximum Gasteiger partial charge on any atom is 0.222 e. The van der Waals surface area contributed by atoms with Crippen LogP contribution in [-0.4, -0.2) is 17.0 Å². The van der Waals surface area contributed by atoms with Gasteiger partial charge in [-0.2, -0.15) is 0 Å². The predicted molar refractivity (Wildman–Crippen MR) is 57.6 cm³/mol. The molecule has 76 valence electrons. The molecule has 1 N–H and O–H groups in total. The molecule has 0 fully saturated rings. The Hall–Kier alpha value is -1.12. The van der Waals surface area contributed by atoms with Gasteiger partial charge in [-0.3, -0.25) is 0 Å². The fourth-order valence-electron chi connectivity index (χ4n) is 2.09. The summed E-state index contributed by atoms with van der Waals surface area (Å²) in [6.07, 6.45) is 4.49. The minimum Gasteiger partial charge on any atom is -0.357 e. The van der Waals surface area contributed by atoms with E-state index in [-0.39, 0.29) is 0 Å². The maximum absolute atomic E-state index is 4.54. The largest absolute Gasteiger partial charge is 0.357 e. The zero-order valence-corrected chi connectivity index (χ0v) is 9.04. The fourth-order valence-corrected chi connectivity index (χ4v) is 2.09. The number of hydrogen-bond donors (Lipinski definition) is 1. The van der Waals surface area contributed by atoms with Crippen molar-refractivity contribution >= 4 is 5.95 Å². The Kier molecular flexibility index (Phi) is 2.40. The van der Waals surface area contributed by atoms with Crippen LogP contribution in [0.2, 0.25) is 0 Å². The van der Waals surface area contributed by atoms with Gasteiger partial charge in [0.2, 0.25) is 5.95 Å². The third-order valence-electron chi connectivity index (χ3n) is 3.10. The molecule has 0 spiro atoms. The highest BCUT2D eigenvalue weighted by atomic mass is 15.1. The van der Waals surface area contributed by atoms with Crippen LogP contribution in [-0.2, 0) is 0 Å². The van der Waals surface area contributed by atoms with Crippen molar-refractivity contribution in [2.75, 3.05) is 12.4 Å². The predicted octanol–water partition coefficient (Wildman–Crippen LogP) is 2.52. The van der Waals surface area contributed by atoms with Gasteiger partial charge in [-0.1, -0.05) is 13.8 Å². The second-order valence-electron chi connectivity index (χ2n) is 4.16. The number of nitrogens with one attached hydrogen (secondary N) is 1. The smallest absolute Gasteiger partial charge is 0.222 e. The molecular weight excluding hydrogens is 174 g/mol. The summed E-state index contributed by atoms with van der Waals surface area (Å²) in [5, 5.41) is 2.99. The molecule has 0 aliphatic heterocycles. The molecule has 3 heteroatoms. The topological polar surface area (TPSA) is 37.8 Å². The molecule has 1 aromatic heterocycles. The number of aromatic nitrogens is 2. The van der Waals surface area contributed by atoms with E-state index in [1.807, 2.05) is 13.2 Å². The van der Waals surface area contributed by atoms with Crippen LogP contribution >= 0.6 is 0 Å². The Bertz CT molecular complexity index is 335. The molecule has 1 aromatic rings. The number of rotatable bonds is 1. The van der Waals surface area contributed by atoms with Crippen LogP contribution in [0.3, 0.4) is 0 Å². The van der Waals surface area contributed by atoms with Crippen molar-refractivity contribution in [3.63, 3.8) is 0 Å². The summed E-state index contributed by atoms with van der Waals surface area (Å²) < 4.78 is 0. The molecule has 2 unspecified atom stereocenters. The quantitative estimate of drug-likeness (QED) is 0.741. The van der Waals surface area contributed by atoms with E-state index < -0.39 is 0 Å². The van der Waals surface area contributed by atoms with Crippen LogP contribution < -0.4 is 5.32 Å². The summed E-state index contributed by atoms with van der Waals surface area (Å²) in [6.45, 7) is 4.50. The standard InChI is InChI=1S/C11H17N3/c1-7-4-5-8(2)10-9(7)6-13-11(12-3)14-10/h6-8H,4-5H2,1-3H3,(H,12,13,14). The van der Waals surface area contributed by atoms with Crippen LogP contribution in [0.1, 0.15) is 49.8 Å². The molecule has 14 heavy (non-hydrogen) atoms. The lowest BCUT2D eigenvalue weighted by Gasteiger charge is -2.26. The third kappa shape index (κ3) is 1.47. The minimum atomic E-state index is 0.580. The first-order chi connectivity index (χ1) is 6.72. The first-order valence-corrected chi connectivity index (χ1v) is 5.27. The van der Waals surface area contributed by atoms with E-state index in [4.69, 9.17) is 0 Å². The maximum atomic E-state index is 4.54. The first kappa shape index (κ1) is 9.44. The molecule has 2 rings (SSSR count). The molecule has 0 bridgehead atoms. The van der Waals surface area contributed by atoms with Crippen molar-refractivity contribution in [2.45, 2.75) is 38.5 Å². The highest BCUT2D eigenvalue weighted by molar-refractivity contribution is 5.34. The van der Waals surface area contributed by atoms with E-state index in [9.17, 15) is 0 Å². The normalized spacial score (nSPS) is 25.6. The van der Waals surface area contributed by atoms with Crippen LogP contribution in [0, 0.1) is 0 Å². The van der Waals surface area contributed by atoms with Crippen molar-refractivity contribution in [1.82, 2.24) is 9.97 Å². The monoisotopic (exact) mass is 191 g/mol. The molecule has 0 amide bonds. The van der Waals surface area contributed by atoms with Gasteiger partial charge in [0.1, 0.15) is 0 Å². The molecule has 1 heterocycles. The molecule has 1 aliphatic carbocycles. The van der Waals surface area contributed by atoms with Crippen molar-refractivity contribution in [1.29, 1.82) is 0 Å². The lowest BCUT2D eigenvalue weighted by atomic mass is 9.82. The van der Waals surface area contributed by atoms with E-state index in [0.717, 1.165) is 5.95 Å². The Morgan fingerprint density at radius 3 is 2.71 bits per heavy atom. The van der Waals surface area contributed by atoms with E-state index in [2.05, 4.69) is 29.1 Å². The van der Waals surface area contributed by atoms with E-state index in [1.165, 1.54) is 24.1 Å². The van der Waals surface area contributed by atoms with Crippen molar-refractivity contribution in [3.05, 3.63) is 17.5 Å². The van der Waals surface area contributed by atoms with Gasteiger partial charge in [-0.15, -0.1) is 0 Å². The number of anilines is 1. The summed E-state index contributed by atoms with van der Waals surface area (Å²) >= 11 is 0. The number of nitrogens with zero attached hydrogens (tertiary/aromatic N) is 2. The van der Waals surface area contributed by atoms with E-state index in [0.29, 0.717) is 11.8 Å². The average Bonchev–Trinajstić information content (AvgIpc) is 2.23. The van der Waals surface area contributed by atoms with Crippen LogP contribution in [0.25, 0.3) is 0 Å². The fraction of sp³-hybridized carbons (Fsp3) is 0.636. The lowest BCUT2D eigenvalue weighted by Crippen LogP contribution is -2.14. The number of fused-ring (bicyclic) bond motifs is 1. The Balaban J connectivity index is 2.45. The average molecular weight is 191 g/mol. The molecule has 0 aromatic carbocycles. The summed E-state index contributed by atoms with van der Waals surface area (Å²) in [6, 6.07) is 0. The zero-order valence-electron chi connectivity index (χ0n) is 9.04. The zero-order chi connectivity index (χ0) is 10.1. The molecule has 1 aliphatic rings. The Labute approximate surface area is 85.0 Å². The van der Waals surface area contributed by atoms with Gasteiger partial charge >= 0.3 is 0 Å². The highest BCUT2D eigenvalue weighted by Crippen LogP contribution is 2.36. The SMILES string of the molecule is CNc1ncc2c(n1)C(C)CCC2C. The van der Waals surface area contributed by atoms with E-state index in [1.54, 1.807) is 0 Å². The molecule has 0 saturated heterocycles. The van der Waals surface area contributed by atoms with Gasteiger partial charge in [-0.05, 0) is 30.2 Å². The van der Waals surface area contributed by atoms with Gasteiger partial charge in [0.25, 0.3) is 0 Å². The van der Waals surface area contributed by atoms with Gasteiger partial charge in [-0.25, -0.2) is 9.97 Å². The van der Waals surface area contributed by atoms with Crippen LogP contribution in [0.5, 0.6) is 0 Å². The van der Waals surface area contributed by atoms with Crippen molar-refractivity contribution < 1.29 is 0 Å². The summed E-state index contributed by atoms with van der Waals surface area (Å²) in [7, 11) is 1.86. The molecule has 3 nitrogen and oxygen atoms in total. The van der Waals surface area contributed by atoms with Crippen molar-refractivity contribution in [2.24, 2.45) is 0 Å². The molecule has 0 saturated carbocycles. The van der Waals surface area contributed by atoms with E-state index >= 15 is 0 Å². The first-order valence-electron chi connectivity index (χ1n) is 5.27. The van der Waals surface area contributed by atoms with Crippen LogP contribution in [0.15, 0.2) is 6.20 Å². The summed E-state index contributed by atoms with van der Waals surface area (Å²) in [5.41, 5.74) is 2.57. The van der Waals surface area contributed by atoms with Gasteiger partial charge < -0.3 is 5.32 Å². The van der Waals surface area contributed by atoms with Crippen LogP contribution in [0.4, 0.5) is 5.95 Å². The van der Waals surface area contributed by atoms with Gasteiger partial charge in [0, 0.05) is 13.2 Å². The molecule has 0 radical (unpaired) electrons. The van der Waals surface area contributed by atoms with Gasteiger partial charge in [0.05, 0.1) is 5.69 Å².